The van der Waals surface area contributed by atoms with Gasteiger partial charge in [-0.2, -0.15) is 0 Å². The van der Waals surface area contributed by atoms with E-state index in [1.54, 1.807) is 17.0 Å². The molecule has 0 aromatic heterocycles. The quantitative estimate of drug-likeness (QED) is 0.889. The van der Waals surface area contributed by atoms with Crippen LogP contribution < -0.4 is 5.73 Å². The fraction of sp³-hybridized carbons (Fsp3) is 0.562. The number of nitrogens with two attached hydrogens (primary N) is 1. The number of nitrogens with zero attached hydrogens (tertiary/aromatic N) is 1. The van der Waals surface area contributed by atoms with Gasteiger partial charge in [-0.25, -0.2) is 4.39 Å². The summed E-state index contributed by atoms with van der Waals surface area (Å²) in [6, 6.07) is 5.87. The number of halogens is 1. The summed E-state index contributed by atoms with van der Waals surface area (Å²) in [4.78, 5) is 14.0. The highest BCUT2D eigenvalue weighted by molar-refractivity contribution is 5.94. The lowest BCUT2D eigenvalue weighted by molar-refractivity contribution is 0.0564. The molecule has 0 radical (unpaired) electrons. The van der Waals surface area contributed by atoms with E-state index < -0.39 is 5.82 Å². The highest BCUT2D eigenvalue weighted by atomic mass is 19.1. The predicted molar refractivity (Wildman–Crippen MR) is 79.3 cm³/mol. The molecule has 116 valence electrons. The second-order valence-corrected chi connectivity index (χ2v) is 5.85. The number of hydrogen-bond donors (Lipinski definition) is 2. The van der Waals surface area contributed by atoms with Crippen LogP contribution >= 0.6 is 0 Å². The zero-order valence-corrected chi connectivity index (χ0v) is 12.3. The first-order chi connectivity index (χ1) is 10.0. The Labute approximate surface area is 124 Å². The van der Waals surface area contributed by atoms with E-state index in [-0.39, 0.29) is 29.5 Å². The number of hydrogen-bond acceptors (Lipinski definition) is 3. The number of benzene rings is 1. The average Bonchev–Trinajstić information content (AvgIpc) is 2.46. The van der Waals surface area contributed by atoms with Crippen molar-refractivity contribution in [1.82, 2.24) is 4.90 Å². The van der Waals surface area contributed by atoms with Crippen LogP contribution in [0.25, 0.3) is 0 Å². The minimum Gasteiger partial charge on any atom is -0.393 e. The molecule has 5 heteroatoms. The van der Waals surface area contributed by atoms with Crippen LogP contribution in [0.4, 0.5) is 4.39 Å². The van der Waals surface area contributed by atoms with Gasteiger partial charge < -0.3 is 15.7 Å². The van der Waals surface area contributed by atoms with Crippen molar-refractivity contribution in [3.63, 3.8) is 0 Å². The van der Waals surface area contributed by atoms with Crippen molar-refractivity contribution >= 4 is 5.91 Å². The molecule has 2 rings (SSSR count). The van der Waals surface area contributed by atoms with Crippen LogP contribution in [0.15, 0.2) is 24.3 Å². The molecule has 1 aliphatic heterocycles. The molecule has 1 aromatic rings. The van der Waals surface area contributed by atoms with Gasteiger partial charge in [0.25, 0.3) is 5.91 Å². The van der Waals surface area contributed by atoms with Crippen LogP contribution in [-0.4, -0.2) is 41.1 Å². The second-order valence-electron chi connectivity index (χ2n) is 5.85. The second kappa shape index (κ2) is 7.00. The molecule has 1 aliphatic rings. The van der Waals surface area contributed by atoms with Crippen LogP contribution in [0.2, 0.25) is 0 Å². The van der Waals surface area contributed by atoms with Crippen molar-refractivity contribution < 1.29 is 14.3 Å². The van der Waals surface area contributed by atoms with Gasteiger partial charge in [0.15, 0.2) is 0 Å². The monoisotopic (exact) mass is 294 g/mol. The predicted octanol–water partition coefficient (Wildman–Crippen LogP) is 1.78. The molecule has 0 aliphatic carbocycles. The van der Waals surface area contributed by atoms with Crippen LogP contribution in [0.3, 0.4) is 0 Å². The fourth-order valence-corrected chi connectivity index (χ4v) is 2.94. The van der Waals surface area contributed by atoms with Crippen LogP contribution in [-0.2, 0) is 0 Å². The van der Waals surface area contributed by atoms with Crippen molar-refractivity contribution in [2.24, 2.45) is 11.7 Å². The summed E-state index contributed by atoms with van der Waals surface area (Å²) in [5.41, 5.74) is 6.10. The van der Waals surface area contributed by atoms with Crippen molar-refractivity contribution in [3.05, 3.63) is 35.6 Å². The van der Waals surface area contributed by atoms with E-state index in [1.807, 2.05) is 6.92 Å². The number of carbonyl (C=O) groups is 1. The van der Waals surface area contributed by atoms with Gasteiger partial charge in [-0.15, -0.1) is 0 Å². The molecule has 1 fully saturated rings. The van der Waals surface area contributed by atoms with Crippen LogP contribution in [0.5, 0.6) is 0 Å². The largest absolute Gasteiger partial charge is 0.393 e. The zero-order valence-electron chi connectivity index (χ0n) is 12.3. The molecular weight excluding hydrogens is 271 g/mol. The van der Waals surface area contributed by atoms with Gasteiger partial charge in [0, 0.05) is 19.1 Å². The number of carbonyl (C=O) groups excluding carboxylic acids is 1. The smallest absolute Gasteiger partial charge is 0.256 e. The number of piperidine rings is 1. The molecule has 3 atom stereocenters. The van der Waals surface area contributed by atoms with E-state index in [4.69, 9.17) is 5.73 Å². The average molecular weight is 294 g/mol. The molecule has 3 unspecified atom stereocenters. The Hall–Kier alpha value is -1.46. The summed E-state index contributed by atoms with van der Waals surface area (Å²) in [6.45, 7) is 2.89. The number of rotatable bonds is 4. The minimum atomic E-state index is -0.508. The maximum atomic E-state index is 13.7. The number of aliphatic hydroxyl groups excluding tert-OH is 1. The Balaban J connectivity index is 2.08. The van der Waals surface area contributed by atoms with Crippen molar-refractivity contribution in [1.29, 1.82) is 0 Å². The standard InChI is InChI=1S/C16H23FN2O2/c1-2-13(20)8-11-7-12(18)10-19(9-11)16(21)14-5-3-4-6-15(14)17/h3-6,11-13,20H,2,7-10,18H2,1H3. The first kappa shape index (κ1) is 15.9. The molecule has 1 heterocycles. The lowest BCUT2D eigenvalue weighted by atomic mass is 9.89. The molecule has 0 spiro atoms. The summed E-state index contributed by atoms with van der Waals surface area (Å²) in [5.74, 6) is -0.662. The van der Waals surface area contributed by atoms with E-state index in [0.29, 0.717) is 25.9 Å². The van der Waals surface area contributed by atoms with Crippen LogP contribution in [0, 0.1) is 11.7 Å². The van der Waals surface area contributed by atoms with Gasteiger partial charge in [-0.3, -0.25) is 4.79 Å². The third-order valence-electron chi connectivity index (χ3n) is 4.04. The fourth-order valence-electron chi connectivity index (χ4n) is 2.94. The number of amides is 1. The molecular formula is C16H23FN2O2. The lowest BCUT2D eigenvalue weighted by Crippen LogP contribution is -2.50. The number of likely N-dealkylation sites (tertiary alicyclic amines) is 1. The van der Waals surface area contributed by atoms with E-state index in [0.717, 1.165) is 6.42 Å². The topological polar surface area (TPSA) is 66.6 Å². The Morgan fingerprint density at radius 1 is 1.48 bits per heavy atom. The third kappa shape index (κ3) is 4.02. The molecule has 0 bridgehead atoms. The van der Waals surface area contributed by atoms with Crippen molar-refractivity contribution in [2.45, 2.75) is 38.3 Å². The summed E-state index contributed by atoms with van der Waals surface area (Å²) >= 11 is 0. The molecule has 1 aromatic carbocycles. The van der Waals surface area contributed by atoms with Gasteiger partial charge in [-0.05, 0) is 37.3 Å². The zero-order chi connectivity index (χ0) is 15.4. The van der Waals surface area contributed by atoms with Gasteiger partial charge in [0.05, 0.1) is 11.7 Å². The van der Waals surface area contributed by atoms with Crippen molar-refractivity contribution in [3.8, 4) is 0 Å². The Kier molecular flexibility index (Phi) is 5.31. The van der Waals surface area contributed by atoms with E-state index in [9.17, 15) is 14.3 Å². The maximum Gasteiger partial charge on any atom is 0.256 e. The van der Waals surface area contributed by atoms with Gasteiger partial charge in [0.2, 0.25) is 0 Å². The van der Waals surface area contributed by atoms with Gasteiger partial charge in [0.1, 0.15) is 5.82 Å². The van der Waals surface area contributed by atoms with E-state index in [1.165, 1.54) is 12.1 Å². The summed E-state index contributed by atoms with van der Waals surface area (Å²) in [7, 11) is 0. The van der Waals surface area contributed by atoms with E-state index >= 15 is 0 Å². The number of aliphatic hydroxyl groups is 1. The van der Waals surface area contributed by atoms with E-state index in [2.05, 4.69) is 0 Å². The highest BCUT2D eigenvalue weighted by Gasteiger charge is 2.30. The summed E-state index contributed by atoms with van der Waals surface area (Å²) in [5, 5.41) is 9.78. The third-order valence-corrected chi connectivity index (χ3v) is 4.04. The van der Waals surface area contributed by atoms with Crippen LogP contribution in [0.1, 0.15) is 36.5 Å². The molecule has 3 N–H and O–H groups in total. The minimum absolute atomic E-state index is 0.0846. The van der Waals surface area contributed by atoms with Gasteiger partial charge in [-0.1, -0.05) is 19.1 Å². The first-order valence-corrected chi connectivity index (χ1v) is 7.48. The molecule has 21 heavy (non-hydrogen) atoms. The highest BCUT2D eigenvalue weighted by Crippen LogP contribution is 2.23. The lowest BCUT2D eigenvalue weighted by Gasteiger charge is -2.37. The molecule has 1 amide bonds. The van der Waals surface area contributed by atoms with Gasteiger partial charge >= 0.3 is 0 Å². The Morgan fingerprint density at radius 3 is 2.86 bits per heavy atom. The summed E-state index contributed by atoms with van der Waals surface area (Å²) < 4.78 is 13.7. The maximum absolute atomic E-state index is 13.7. The molecule has 0 saturated carbocycles. The van der Waals surface area contributed by atoms with Crippen molar-refractivity contribution in [2.75, 3.05) is 13.1 Å². The molecule has 4 nitrogen and oxygen atoms in total. The summed E-state index contributed by atoms with van der Waals surface area (Å²) in [6.07, 6.45) is 1.74. The Bertz CT molecular complexity index is 495. The SMILES string of the molecule is CCC(O)CC1CC(N)CN(C(=O)c2ccccc2F)C1. The Morgan fingerprint density at radius 2 is 2.19 bits per heavy atom. The first-order valence-electron chi connectivity index (χ1n) is 7.48. The molecule has 1 saturated heterocycles. The normalized spacial score (nSPS) is 23.9.